The van der Waals surface area contributed by atoms with Crippen molar-refractivity contribution >= 4 is 35.5 Å². The van der Waals surface area contributed by atoms with Gasteiger partial charge in [0, 0.05) is 24.0 Å². The van der Waals surface area contributed by atoms with Crippen molar-refractivity contribution in [3.05, 3.63) is 33.8 Å². The van der Waals surface area contributed by atoms with Gasteiger partial charge in [-0.3, -0.25) is 4.57 Å². The summed E-state index contributed by atoms with van der Waals surface area (Å²) < 4.78 is 29.9. The largest absolute Gasteiger partial charge is 0.467 e. The molecule has 1 aliphatic rings. The van der Waals surface area contributed by atoms with Crippen LogP contribution in [0.25, 0.3) is 0 Å². The number of nitrogens with zero attached hydrogens (tertiary/aromatic N) is 2. The van der Waals surface area contributed by atoms with E-state index in [1.54, 1.807) is 13.8 Å². The highest BCUT2D eigenvalue weighted by Gasteiger charge is 2.40. The van der Waals surface area contributed by atoms with Crippen LogP contribution in [0.5, 0.6) is 0 Å². The number of rotatable bonds is 9. The van der Waals surface area contributed by atoms with Gasteiger partial charge in [-0.25, -0.2) is 9.59 Å². The number of carbonyl (C=O) groups excluding carboxylic acids is 2. The number of urea groups is 1. The minimum Gasteiger partial charge on any atom is -0.467 e. The summed E-state index contributed by atoms with van der Waals surface area (Å²) in [4.78, 5) is 29.2. The molecule has 2 amide bonds. The molecule has 0 saturated carbocycles. The molecule has 1 aromatic carbocycles. The van der Waals surface area contributed by atoms with Crippen LogP contribution < -0.4 is 0 Å². The van der Waals surface area contributed by atoms with Gasteiger partial charge in [0.25, 0.3) is 0 Å². The average Bonchev–Trinajstić information content (AvgIpc) is 2.71. The van der Waals surface area contributed by atoms with Gasteiger partial charge in [0.05, 0.1) is 20.3 Å². The maximum Gasteiger partial charge on any atom is 0.349 e. The summed E-state index contributed by atoms with van der Waals surface area (Å²) in [5.41, 5.74) is 1.94. The Morgan fingerprint density at radius 3 is 2.42 bits per heavy atom. The Bertz CT molecular complexity index is 824. The highest BCUT2D eigenvalue weighted by atomic mass is 79.9. The summed E-state index contributed by atoms with van der Waals surface area (Å²) in [6, 6.07) is 4.65. The Morgan fingerprint density at radius 1 is 1.23 bits per heavy atom. The summed E-state index contributed by atoms with van der Waals surface area (Å²) in [5.74, 6) is -0.368. The highest BCUT2D eigenvalue weighted by molar-refractivity contribution is 9.10. The molecule has 0 aromatic heterocycles. The van der Waals surface area contributed by atoms with Crippen molar-refractivity contribution in [1.29, 1.82) is 0 Å². The minimum atomic E-state index is -3.51. The maximum atomic E-state index is 13.6. The van der Waals surface area contributed by atoms with Gasteiger partial charge in [-0.1, -0.05) is 35.8 Å². The van der Waals surface area contributed by atoms with E-state index in [9.17, 15) is 14.2 Å². The monoisotopic (exact) mass is 518 g/mol. The van der Waals surface area contributed by atoms with E-state index in [1.165, 1.54) is 16.9 Å². The van der Waals surface area contributed by atoms with Crippen LogP contribution in [0, 0.1) is 5.92 Å². The molecule has 0 bridgehead atoms. The Labute approximate surface area is 192 Å². The number of methoxy groups -OCH3 is 1. The number of benzene rings is 1. The Hall–Kier alpha value is -1.41. The normalized spacial score (nSPS) is 16.2. The quantitative estimate of drug-likeness (QED) is 0.349. The summed E-state index contributed by atoms with van der Waals surface area (Å²) >= 11 is 3.47. The topological polar surface area (TPSA) is 85.4 Å². The molecule has 0 spiro atoms. The second kappa shape index (κ2) is 11.5. The van der Waals surface area contributed by atoms with Gasteiger partial charge in [-0.05, 0) is 43.0 Å². The molecule has 0 radical (unpaired) electrons. The van der Waals surface area contributed by atoms with E-state index < -0.39 is 25.6 Å². The second-order valence-corrected chi connectivity index (χ2v) is 10.7. The highest BCUT2D eigenvalue weighted by Crippen LogP contribution is 2.48. The number of hydrogen-bond acceptors (Lipinski definition) is 6. The molecule has 1 heterocycles. The molecule has 0 fully saturated rings. The summed E-state index contributed by atoms with van der Waals surface area (Å²) in [7, 11) is -2.19. The van der Waals surface area contributed by atoms with Crippen molar-refractivity contribution in [2.45, 2.75) is 46.7 Å². The zero-order valence-electron chi connectivity index (χ0n) is 18.8. The maximum absolute atomic E-state index is 13.6. The van der Waals surface area contributed by atoms with Crippen molar-refractivity contribution in [2.75, 3.05) is 33.2 Å². The molecule has 0 saturated heterocycles. The standard InChI is InChI=1S/C21H32BrN2O6P/c1-6-29-31(27,30-7-2)14-23(12-15(3)4)21(26)24-13-17-10-18(22)9-8-16(17)11-19(24)20(25)28-5/h8-10,15,19H,6-7,11-14H2,1-5H3/t19-/m0/s1. The number of ether oxygens (including phenoxy) is 1. The van der Waals surface area contributed by atoms with Crippen molar-refractivity contribution in [3.8, 4) is 0 Å². The van der Waals surface area contributed by atoms with E-state index in [-0.39, 0.29) is 32.0 Å². The van der Waals surface area contributed by atoms with Crippen LogP contribution >= 0.6 is 23.5 Å². The van der Waals surface area contributed by atoms with Gasteiger partial charge >= 0.3 is 19.6 Å². The average molecular weight is 519 g/mol. The predicted molar refractivity (Wildman–Crippen MR) is 122 cm³/mol. The van der Waals surface area contributed by atoms with E-state index in [1.807, 2.05) is 32.0 Å². The van der Waals surface area contributed by atoms with Gasteiger partial charge in [-0.15, -0.1) is 0 Å². The number of esters is 1. The third kappa shape index (κ3) is 6.78. The fraction of sp³-hybridized carbons (Fsp3) is 0.619. The first kappa shape index (κ1) is 25.8. The number of fused-ring (bicyclic) bond motifs is 1. The molecular formula is C21H32BrN2O6P. The van der Waals surface area contributed by atoms with Crippen molar-refractivity contribution < 1.29 is 27.9 Å². The molecule has 174 valence electrons. The van der Waals surface area contributed by atoms with Crippen LogP contribution in [0.4, 0.5) is 4.79 Å². The molecule has 1 aliphatic heterocycles. The third-order valence-corrected chi connectivity index (χ3v) is 7.35. The minimum absolute atomic E-state index is 0.114. The van der Waals surface area contributed by atoms with Gasteiger partial charge < -0.3 is 23.6 Å². The first-order valence-electron chi connectivity index (χ1n) is 10.4. The first-order chi connectivity index (χ1) is 14.6. The van der Waals surface area contributed by atoms with E-state index >= 15 is 0 Å². The molecule has 31 heavy (non-hydrogen) atoms. The molecular weight excluding hydrogens is 487 g/mol. The molecule has 1 atom stereocenters. The second-order valence-electron chi connectivity index (χ2n) is 7.77. The molecule has 0 N–H and O–H groups in total. The van der Waals surface area contributed by atoms with Crippen LogP contribution in [-0.4, -0.2) is 61.0 Å². The number of hydrogen-bond donors (Lipinski definition) is 0. The zero-order chi connectivity index (χ0) is 23.2. The summed E-state index contributed by atoms with van der Waals surface area (Å²) in [6.45, 7) is 8.39. The number of amides is 2. The van der Waals surface area contributed by atoms with E-state index in [2.05, 4.69) is 15.9 Å². The van der Waals surface area contributed by atoms with Crippen molar-refractivity contribution in [1.82, 2.24) is 9.80 Å². The van der Waals surface area contributed by atoms with Crippen molar-refractivity contribution in [2.24, 2.45) is 5.92 Å². The van der Waals surface area contributed by atoms with E-state index in [0.29, 0.717) is 13.0 Å². The summed E-state index contributed by atoms with van der Waals surface area (Å²) in [6.07, 6.45) is 0.173. The van der Waals surface area contributed by atoms with Crippen LogP contribution in [0.1, 0.15) is 38.8 Å². The lowest BCUT2D eigenvalue weighted by Crippen LogP contribution is -2.54. The van der Waals surface area contributed by atoms with Gasteiger partial charge in [-0.2, -0.15) is 0 Å². The lowest BCUT2D eigenvalue weighted by atomic mass is 9.94. The fourth-order valence-corrected chi connectivity index (χ4v) is 5.73. The van der Waals surface area contributed by atoms with Gasteiger partial charge in [0.1, 0.15) is 12.3 Å². The Balaban J connectivity index is 2.39. The van der Waals surface area contributed by atoms with Crippen LogP contribution in [0.15, 0.2) is 22.7 Å². The van der Waals surface area contributed by atoms with Crippen LogP contribution in [0.2, 0.25) is 0 Å². The first-order valence-corrected chi connectivity index (χ1v) is 12.9. The zero-order valence-corrected chi connectivity index (χ0v) is 21.3. The lowest BCUT2D eigenvalue weighted by Gasteiger charge is -2.39. The third-order valence-electron chi connectivity index (χ3n) is 4.87. The van der Waals surface area contributed by atoms with E-state index in [4.69, 9.17) is 13.8 Å². The fourth-order valence-electron chi connectivity index (χ4n) is 3.64. The molecule has 1 aromatic rings. The van der Waals surface area contributed by atoms with Crippen molar-refractivity contribution in [3.63, 3.8) is 0 Å². The molecule has 0 aliphatic carbocycles. The van der Waals surface area contributed by atoms with Crippen LogP contribution in [0.3, 0.4) is 0 Å². The van der Waals surface area contributed by atoms with E-state index in [0.717, 1.165) is 15.6 Å². The molecule has 8 nitrogen and oxygen atoms in total. The number of halogens is 1. The Kier molecular flexibility index (Phi) is 9.55. The lowest BCUT2D eigenvalue weighted by molar-refractivity contribution is -0.146. The van der Waals surface area contributed by atoms with Gasteiger partial charge in [0.15, 0.2) is 0 Å². The van der Waals surface area contributed by atoms with Crippen LogP contribution in [-0.2, 0) is 36.1 Å². The SMILES string of the molecule is CCOP(=O)(CN(CC(C)C)C(=O)N1Cc2cc(Br)ccc2C[C@H]1C(=O)OC)OCC. The Morgan fingerprint density at radius 2 is 1.87 bits per heavy atom. The number of carbonyl (C=O) groups is 2. The summed E-state index contributed by atoms with van der Waals surface area (Å²) in [5, 5.41) is 0. The molecule has 10 heteroatoms. The smallest absolute Gasteiger partial charge is 0.349 e. The van der Waals surface area contributed by atoms with Gasteiger partial charge in [0.2, 0.25) is 0 Å². The molecule has 0 unspecified atom stereocenters. The molecule has 2 rings (SSSR count). The predicted octanol–water partition coefficient (Wildman–Crippen LogP) is 4.65.